The lowest BCUT2D eigenvalue weighted by molar-refractivity contribution is -0.0634. The van der Waals surface area contributed by atoms with Gasteiger partial charge in [0.25, 0.3) is 0 Å². The van der Waals surface area contributed by atoms with Gasteiger partial charge in [0.05, 0.1) is 18.8 Å². The summed E-state index contributed by atoms with van der Waals surface area (Å²) in [5, 5.41) is 10.8. The Morgan fingerprint density at radius 2 is 2.00 bits per heavy atom. The van der Waals surface area contributed by atoms with Crippen molar-refractivity contribution in [2.45, 2.75) is 31.6 Å². The minimum absolute atomic E-state index is 0.231. The van der Waals surface area contributed by atoms with Crippen LogP contribution in [0.25, 0.3) is 0 Å². The Morgan fingerprint density at radius 3 is 2.67 bits per heavy atom. The number of ether oxygens (including phenoxy) is 2. The molecule has 0 aromatic heterocycles. The molecule has 0 amide bonds. The minimum atomic E-state index is -0.467. The smallest absolute Gasteiger partial charge is 0.0900 e. The van der Waals surface area contributed by atoms with Crippen molar-refractivity contribution < 1.29 is 14.6 Å². The molecule has 1 fully saturated rings. The maximum absolute atomic E-state index is 10.1. The van der Waals surface area contributed by atoms with Crippen LogP contribution in [0.2, 0.25) is 5.02 Å². The maximum atomic E-state index is 10.1. The molecule has 0 bridgehead atoms. The van der Waals surface area contributed by atoms with E-state index in [2.05, 4.69) is 4.90 Å². The molecule has 0 aliphatic carbocycles. The van der Waals surface area contributed by atoms with E-state index in [0.29, 0.717) is 13.2 Å². The number of aliphatic hydroxyl groups is 1. The summed E-state index contributed by atoms with van der Waals surface area (Å²) in [4.78, 5) is 2.08. The summed E-state index contributed by atoms with van der Waals surface area (Å²) in [6.07, 6.45) is 1.61. The van der Waals surface area contributed by atoms with E-state index < -0.39 is 6.10 Å². The molecule has 5 heteroatoms. The second-order valence-corrected chi connectivity index (χ2v) is 6.06. The number of likely N-dealkylation sites (N-methyl/N-ethyl adjacent to an activating group) is 1. The second kappa shape index (κ2) is 8.71. The molecule has 1 aromatic carbocycles. The lowest BCUT2D eigenvalue weighted by atomic mass is 10.1. The zero-order valence-electron chi connectivity index (χ0n) is 12.5. The third-order valence-corrected chi connectivity index (χ3v) is 3.83. The Hall–Kier alpha value is -0.650. The highest BCUT2D eigenvalue weighted by molar-refractivity contribution is 6.30. The van der Waals surface area contributed by atoms with Gasteiger partial charge in [-0.25, -0.2) is 0 Å². The molecule has 1 heterocycles. The molecule has 0 saturated carbocycles. The van der Waals surface area contributed by atoms with Crippen LogP contribution in [0.4, 0.5) is 0 Å². The summed E-state index contributed by atoms with van der Waals surface area (Å²) in [5.74, 6) is 0. The summed E-state index contributed by atoms with van der Waals surface area (Å²) in [7, 11) is 1.99. The van der Waals surface area contributed by atoms with E-state index in [0.717, 1.165) is 37.6 Å². The molecule has 2 rings (SSSR count). The summed E-state index contributed by atoms with van der Waals surface area (Å²) >= 11 is 5.87. The molecule has 1 unspecified atom stereocenters. The van der Waals surface area contributed by atoms with Crippen LogP contribution in [0.3, 0.4) is 0 Å². The summed E-state index contributed by atoms with van der Waals surface area (Å²) in [6, 6.07) is 7.78. The first kappa shape index (κ1) is 16.7. The van der Waals surface area contributed by atoms with Crippen LogP contribution in [-0.4, -0.2) is 55.6 Å². The van der Waals surface area contributed by atoms with E-state index in [1.165, 1.54) is 5.56 Å². The van der Waals surface area contributed by atoms with Gasteiger partial charge in [-0.1, -0.05) is 23.7 Å². The first-order valence-corrected chi connectivity index (χ1v) is 7.81. The van der Waals surface area contributed by atoms with Gasteiger partial charge < -0.3 is 14.6 Å². The molecule has 0 radical (unpaired) electrons. The van der Waals surface area contributed by atoms with E-state index >= 15 is 0 Å². The Bertz CT molecular complexity index is 406. The molecule has 4 nitrogen and oxygen atoms in total. The van der Waals surface area contributed by atoms with Gasteiger partial charge in [0, 0.05) is 31.3 Å². The monoisotopic (exact) mass is 313 g/mol. The first-order valence-electron chi connectivity index (χ1n) is 7.44. The Morgan fingerprint density at radius 1 is 1.33 bits per heavy atom. The standard InChI is InChI=1S/C16H24ClNO3/c1-18(10-13-2-4-14(17)5-3-13)11-15(19)12-21-16-6-8-20-9-7-16/h2-5,15-16,19H,6-12H2,1H3. The van der Waals surface area contributed by atoms with Crippen molar-refractivity contribution >= 4 is 11.6 Å². The van der Waals surface area contributed by atoms with Crippen LogP contribution in [0.5, 0.6) is 0 Å². The highest BCUT2D eigenvalue weighted by Crippen LogP contribution is 2.12. The molecule has 1 aromatic rings. The highest BCUT2D eigenvalue weighted by Gasteiger charge is 2.16. The van der Waals surface area contributed by atoms with Crippen LogP contribution < -0.4 is 0 Å². The Balaban J connectivity index is 1.66. The van der Waals surface area contributed by atoms with Crippen molar-refractivity contribution in [1.29, 1.82) is 0 Å². The molecule has 0 spiro atoms. The SMILES string of the molecule is CN(Cc1ccc(Cl)cc1)CC(O)COC1CCOCC1. The highest BCUT2D eigenvalue weighted by atomic mass is 35.5. The number of hydrogen-bond donors (Lipinski definition) is 1. The van der Waals surface area contributed by atoms with Crippen molar-refractivity contribution in [3.05, 3.63) is 34.9 Å². The average molecular weight is 314 g/mol. The van der Waals surface area contributed by atoms with Crippen molar-refractivity contribution in [2.75, 3.05) is 33.4 Å². The normalized spacial score (nSPS) is 18.1. The van der Waals surface area contributed by atoms with Crippen molar-refractivity contribution in [1.82, 2.24) is 4.90 Å². The Labute approximate surface area is 131 Å². The zero-order chi connectivity index (χ0) is 15.1. The van der Waals surface area contributed by atoms with Gasteiger partial charge in [0.2, 0.25) is 0 Å². The fraction of sp³-hybridized carbons (Fsp3) is 0.625. The largest absolute Gasteiger partial charge is 0.389 e. The molecule has 1 N–H and O–H groups in total. The fourth-order valence-corrected chi connectivity index (χ4v) is 2.59. The molecule has 1 saturated heterocycles. The molecule has 1 aliphatic heterocycles. The zero-order valence-corrected chi connectivity index (χ0v) is 13.3. The van der Waals surface area contributed by atoms with Crippen LogP contribution in [0.15, 0.2) is 24.3 Å². The third-order valence-electron chi connectivity index (χ3n) is 3.58. The topological polar surface area (TPSA) is 41.9 Å². The number of hydrogen-bond acceptors (Lipinski definition) is 4. The van der Waals surface area contributed by atoms with Gasteiger partial charge in [-0.3, -0.25) is 4.90 Å². The average Bonchev–Trinajstić information content (AvgIpc) is 2.48. The van der Waals surface area contributed by atoms with Crippen LogP contribution >= 0.6 is 11.6 Å². The molecule has 118 valence electrons. The van der Waals surface area contributed by atoms with E-state index in [1.807, 2.05) is 31.3 Å². The van der Waals surface area contributed by atoms with E-state index in [1.54, 1.807) is 0 Å². The maximum Gasteiger partial charge on any atom is 0.0900 e. The molecular weight excluding hydrogens is 290 g/mol. The summed E-state index contributed by atoms with van der Waals surface area (Å²) < 4.78 is 11.0. The van der Waals surface area contributed by atoms with Gasteiger partial charge in [-0.15, -0.1) is 0 Å². The molecular formula is C16H24ClNO3. The number of halogens is 1. The Kier molecular flexibility index (Phi) is 6.93. The van der Waals surface area contributed by atoms with Crippen molar-refractivity contribution in [2.24, 2.45) is 0 Å². The van der Waals surface area contributed by atoms with Crippen LogP contribution in [-0.2, 0) is 16.0 Å². The van der Waals surface area contributed by atoms with E-state index in [4.69, 9.17) is 21.1 Å². The van der Waals surface area contributed by atoms with E-state index in [-0.39, 0.29) is 6.10 Å². The molecule has 1 atom stereocenters. The van der Waals surface area contributed by atoms with Gasteiger partial charge in [-0.05, 0) is 37.6 Å². The number of nitrogens with zero attached hydrogens (tertiary/aromatic N) is 1. The van der Waals surface area contributed by atoms with Gasteiger partial charge >= 0.3 is 0 Å². The third kappa shape index (κ3) is 6.32. The van der Waals surface area contributed by atoms with Crippen molar-refractivity contribution in [3.8, 4) is 0 Å². The van der Waals surface area contributed by atoms with Gasteiger partial charge in [0.15, 0.2) is 0 Å². The molecule has 21 heavy (non-hydrogen) atoms. The number of aliphatic hydroxyl groups excluding tert-OH is 1. The van der Waals surface area contributed by atoms with Crippen LogP contribution in [0, 0.1) is 0 Å². The lowest BCUT2D eigenvalue weighted by Crippen LogP contribution is -2.34. The summed E-state index contributed by atoms with van der Waals surface area (Å²) in [5.41, 5.74) is 1.18. The van der Waals surface area contributed by atoms with Crippen molar-refractivity contribution in [3.63, 3.8) is 0 Å². The lowest BCUT2D eigenvalue weighted by Gasteiger charge is -2.25. The predicted octanol–water partition coefficient (Wildman–Crippen LogP) is 2.33. The minimum Gasteiger partial charge on any atom is -0.389 e. The summed E-state index contributed by atoms with van der Waals surface area (Å²) in [6.45, 7) is 3.28. The van der Waals surface area contributed by atoms with Gasteiger partial charge in [0.1, 0.15) is 0 Å². The van der Waals surface area contributed by atoms with E-state index in [9.17, 15) is 5.11 Å². The number of benzene rings is 1. The molecule has 1 aliphatic rings. The van der Waals surface area contributed by atoms with Gasteiger partial charge in [-0.2, -0.15) is 0 Å². The predicted molar refractivity (Wildman–Crippen MR) is 83.6 cm³/mol. The second-order valence-electron chi connectivity index (χ2n) is 5.62. The number of rotatable bonds is 7. The van der Waals surface area contributed by atoms with Crippen LogP contribution in [0.1, 0.15) is 18.4 Å². The quantitative estimate of drug-likeness (QED) is 0.839. The fourth-order valence-electron chi connectivity index (χ4n) is 2.47. The first-order chi connectivity index (χ1) is 10.1.